The Morgan fingerprint density at radius 3 is 2.62 bits per heavy atom. The molecule has 0 aromatic heterocycles. The molecule has 104 valence electrons. The molecule has 4 aliphatic carbocycles. The first kappa shape index (κ1) is 13.0. The van der Waals surface area contributed by atoms with E-state index in [0.29, 0.717) is 6.42 Å². The van der Waals surface area contributed by atoms with Crippen LogP contribution in [0.5, 0.6) is 0 Å². The molecule has 0 heterocycles. The van der Waals surface area contributed by atoms with Gasteiger partial charge < -0.3 is 0 Å². The summed E-state index contributed by atoms with van der Waals surface area (Å²) in [7, 11) is 0. The molecule has 0 fully saturated rings. The Bertz CT molecular complexity index is 742. The van der Waals surface area contributed by atoms with Crippen molar-refractivity contribution in [3.63, 3.8) is 0 Å². The van der Waals surface area contributed by atoms with Gasteiger partial charge in [-0.3, -0.25) is 9.59 Å². The third-order valence-electron chi connectivity index (χ3n) is 4.85. The van der Waals surface area contributed by atoms with Crippen molar-refractivity contribution in [1.82, 2.24) is 0 Å². The van der Waals surface area contributed by atoms with Gasteiger partial charge in [0.25, 0.3) is 0 Å². The maximum absolute atomic E-state index is 12.7. The van der Waals surface area contributed by atoms with E-state index in [1.54, 1.807) is 12.2 Å². The van der Waals surface area contributed by atoms with Gasteiger partial charge in [-0.1, -0.05) is 58.4 Å². The number of ketones is 2. The highest BCUT2D eigenvalue weighted by Gasteiger charge is 2.54. The van der Waals surface area contributed by atoms with E-state index >= 15 is 0 Å². The predicted octanol–water partition coefficient (Wildman–Crippen LogP) is 3.70. The first-order valence-corrected chi connectivity index (χ1v) is 7.84. The molecule has 0 saturated heterocycles. The summed E-state index contributed by atoms with van der Waals surface area (Å²) < 4.78 is 0.744. The number of benzene rings is 1. The second kappa shape index (κ2) is 4.38. The van der Waals surface area contributed by atoms with Crippen molar-refractivity contribution in [3.05, 3.63) is 70.3 Å². The van der Waals surface area contributed by atoms with E-state index in [-0.39, 0.29) is 23.4 Å². The van der Waals surface area contributed by atoms with E-state index < -0.39 is 5.41 Å². The lowest BCUT2D eigenvalue weighted by molar-refractivity contribution is -0.121. The highest BCUT2D eigenvalue weighted by molar-refractivity contribution is 9.12. The van der Waals surface area contributed by atoms with Gasteiger partial charge in [0.05, 0.1) is 5.41 Å². The Labute approximate surface area is 131 Å². The average molecular weight is 341 g/mol. The average Bonchev–Trinajstić information content (AvgIpc) is 2.65. The smallest absolute Gasteiger partial charge is 0.171 e. The molecule has 3 heteroatoms. The summed E-state index contributed by atoms with van der Waals surface area (Å²) >= 11 is 3.46. The fraction of sp³-hybridized carbons (Fsp3) is 0.222. The summed E-state index contributed by atoms with van der Waals surface area (Å²) in [6, 6.07) is 10.0. The highest BCUT2D eigenvalue weighted by Crippen LogP contribution is 2.58. The van der Waals surface area contributed by atoms with Gasteiger partial charge in [0.1, 0.15) is 0 Å². The van der Waals surface area contributed by atoms with Crippen LogP contribution in [0.3, 0.4) is 0 Å². The van der Waals surface area contributed by atoms with Gasteiger partial charge in [-0.05, 0) is 29.7 Å². The Hall–Kier alpha value is -1.74. The zero-order valence-corrected chi connectivity index (χ0v) is 12.8. The van der Waals surface area contributed by atoms with Crippen LogP contribution in [0, 0.1) is 11.3 Å². The standard InChI is InChI=1S/C18H13BrO2/c19-15-10-17(21)18-7-6-12(16(20)9-14(15)18)8-13(18)11-4-2-1-3-5-11/h1-7,9-10,12-13H,8H2/t12-,13-,18-/m0/s1. The third-order valence-corrected chi connectivity index (χ3v) is 5.51. The second-order valence-corrected chi connectivity index (χ2v) is 6.70. The Morgan fingerprint density at radius 2 is 1.86 bits per heavy atom. The van der Waals surface area contributed by atoms with Gasteiger partial charge in [0.15, 0.2) is 11.6 Å². The lowest BCUT2D eigenvalue weighted by Crippen LogP contribution is -2.36. The molecule has 0 unspecified atom stereocenters. The fourth-order valence-corrected chi connectivity index (χ4v) is 4.46. The van der Waals surface area contributed by atoms with Crippen LogP contribution in [0.4, 0.5) is 0 Å². The summed E-state index contributed by atoms with van der Waals surface area (Å²) in [6.45, 7) is 0. The van der Waals surface area contributed by atoms with Crippen molar-refractivity contribution in [2.75, 3.05) is 0 Å². The quantitative estimate of drug-likeness (QED) is 0.730. The Balaban J connectivity index is 1.97. The summed E-state index contributed by atoms with van der Waals surface area (Å²) in [4.78, 5) is 25.1. The van der Waals surface area contributed by atoms with E-state index in [1.807, 2.05) is 30.4 Å². The first-order chi connectivity index (χ1) is 10.1. The maximum Gasteiger partial charge on any atom is 0.171 e. The SMILES string of the molecule is O=C1C=C2C(Br)=CC(=O)[C@]23C=C[C@H]1C[C@H]3c1ccccc1. The normalized spacial score (nSPS) is 33.6. The van der Waals surface area contributed by atoms with Crippen LogP contribution in [0.2, 0.25) is 0 Å². The molecule has 0 saturated carbocycles. The van der Waals surface area contributed by atoms with Crippen molar-refractivity contribution >= 4 is 27.5 Å². The summed E-state index contributed by atoms with van der Waals surface area (Å²) in [5.41, 5.74) is 1.24. The van der Waals surface area contributed by atoms with Gasteiger partial charge in [-0.15, -0.1) is 0 Å². The minimum atomic E-state index is -0.706. The maximum atomic E-state index is 12.7. The molecule has 2 bridgehead atoms. The molecule has 0 radical (unpaired) electrons. The second-order valence-electron chi connectivity index (χ2n) is 5.85. The zero-order valence-electron chi connectivity index (χ0n) is 11.3. The number of allylic oxidation sites excluding steroid dienone is 6. The van der Waals surface area contributed by atoms with Crippen LogP contribution in [0.25, 0.3) is 0 Å². The van der Waals surface area contributed by atoms with E-state index in [2.05, 4.69) is 28.1 Å². The largest absolute Gasteiger partial charge is 0.294 e. The molecule has 2 nitrogen and oxygen atoms in total. The zero-order chi connectivity index (χ0) is 14.6. The topological polar surface area (TPSA) is 34.1 Å². The molecule has 0 amide bonds. The summed E-state index contributed by atoms with van der Waals surface area (Å²) in [6.07, 6.45) is 7.86. The van der Waals surface area contributed by atoms with E-state index in [1.165, 1.54) is 0 Å². The predicted molar refractivity (Wildman–Crippen MR) is 84.0 cm³/mol. The minimum absolute atomic E-state index is 0.0187. The van der Waals surface area contributed by atoms with Gasteiger partial charge >= 0.3 is 0 Å². The van der Waals surface area contributed by atoms with Crippen LogP contribution >= 0.6 is 15.9 Å². The van der Waals surface area contributed by atoms with E-state index in [4.69, 9.17) is 0 Å². The van der Waals surface area contributed by atoms with Crippen LogP contribution in [0.15, 0.2) is 64.7 Å². The summed E-state index contributed by atoms with van der Waals surface area (Å²) in [5, 5.41) is 0. The van der Waals surface area contributed by atoms with Crippen molar-refractivity contribution < 1.29 is 9.59 Å². The Kier molecular flexibility index (Phi) is 2.70. The number of halogens is 1. The van der Waals surface area contributed by atoms with Crippen molar-refractivity contribution in [2.45, 2.75) is 12.3 Å². The van der Waals surface area contributed by atoms with Crippen molar-refractivity contribution in [1.29, 1.82) is 0 Å². The van der Waals surface area contributed by atoms with Crippen molar-refractivity contribution in [3.8, 4) is 0 Å². The lowest BCUT2D eigenvalue weighted by atomic mass is 9.63. The number of carbonyl (C=O) groups excluding carboxylic acids is 2. The molecule has 0 aliphatic heterocycles. The van der Waals surface area contributed by atoms with Crippen LogP contribution in [-0.4, -0.2) is 11.6 Å². The molecular weight excluding hydrogens is 328 g/mol. The van der Waals surface area contributed by atoms with Crippen LogP contribution < -0.4 is 0 Å². The molecule has 1 spiro atoms. The highest BCUT2D eigenvalue weighted by atomic mass is 79.9. The van der Waals surface area contributed by atoms with E-state index in [9.17, 15) is 9.59 Å². The number of carbonyl (C=O) groups is 2. The Morgan fingerprint density at radius 1 is 1.10 bits per heavy atom. The van der Waals surface area contributed by atoms with Crippen molar-refractivity contribution in [2.24, 2.45) is 11.3 Å². The van der Waals surface area contributed by atoms with E-state index in [0.717, 1.165) is 15.6 Å². The molecule has 4 aliphatic rings. The van der Waals surface area contributed by atoms with Crippen LogP contribution in [-0.2, 0) is 9.59 Å². The monoisotopic (exact) mass is 340 g/mol. The number of rotatable bonds is 1. The molecule has 1 aromatic rings. The van der Waals surface area contributed by atoms with Gasteiger partial charge in [-0.25, -0.2) is 0 Å². The summed E-state index contributed by atoms with van der Waals surface area (Å²) in [5.74, 6) is 0.0673. The molecule has 1 aromatic carbocycles. The molecule has 21 heavy (non-hydrogen) atoms. The number of fused-ring (bicyclic) bond motifs is 2. The van der Waals surface area contributed by atoms with Crippen LogP contribution in [0.1, 0.15) is 17.9 Å². The first-order valence-electron chi connectivity index (χ1n) is 7.05. The molecule has 0 N–H and O–H groups in total. The number of hydrogen-bond donors (Lipinski definition) is 0. The minimum Gasteiger partial charge on any atom is -0.294 e. The van der Waals surface area contributed by atoms with Gasteiger partial charge in [-0.2, -0.15) is 0 Å². The molecule has 3 atom stereocenters. The van der Waals surface area contributed by atoms with Gasteiger partial charge in [0, 0.05) is 16.3 Å². The van der Waals surface area contributed by atoms with Gasteiger partial charge in [0.2, 0.25) is 0 Å². The lowest BCUT2D eigenvalue weighted by Gasteiger charge is -2.38. The number of hydrogen-bond acceptors (Lipinski definition) is 2. The third kappa shape index (κ3) is 1.64. The fourth-order valence-electron chi connectivity index (χ4n) is 3.81. The molecule has 5 rings (SSSR count). The molecular formula is C18H13BrO2.